The van der Waals surface area contributed by atoms with Gasteiger partial charge >= 0.3 is 6.23 Å². The molecule has 1 heterocycles. The van der Waals surface area contributed by atoms with Gasteiger partial charge in [-0.15, -0.1) is 0 Å². The number of rotatable bonds is 3. The zero-order chi connectivity index (χ0) is 15.9. The van der Waals surface area contributed by atoms with E-state index in [2.05, 4.69) is 0 Å². The molecule has 2 aliphatic rings. The van der Waals surface area contributed by atoms with Crippen molar-refractivity contribution >= 4 is 11.5 Å². The Kier molecular flexibility index (Phi) is 3.36. The van der Waals surface area contributed by atoms with Gasteiger partial charge in [-0.3, -0.25) is 25.0 Å². The molecule has 1 aliphatic carbocycles. The molecule has 0 fully saturated rings. The summed E-state index contributed by atoms with van der Waals surface area (Å²) in [6.07, 6.45) is 0.119. The van der Waals surface area contributed by atoms with E-state index in [1.807, 2.05) is 0 Å². The number of allylic oxidation sites excluding steroid dienone is 1. The quantitative estimate of drug-likeness (QED) is 0.625. The van der Waals surface area contributed by atoms with E-state index in [0.29, 0.717) is 36.2 Å². The van der Waals surface area contributed by atoms with Crippen LogP contribution >= 0.6 is 0 Å². The van der Waals surface area contributed by atoms with Crippen LogP contribution in [0.2, 0.25) is 0 Å². The Balaban J connectivity index is 2.03. The summed E-state index contributed by atoms with van der Waals surface area (Å²) in [6, 6.07) is 5.44. The van der Waals surface area contributed by atoms with Gasteiger partial charge in [0.25, 0.3) is 5.69 Å². The van der Waals surface area contributed by atoms with E-state index in [4.69, 9.17) is 4.74 Å². The molecule has 0 spiro atoms. The van der Waals surface area contributed by atoms with E-state index >= 15 is 0 Å². The van der Waals surface area contributed by atoms with Crippen molar-refractivity contribution in [2.24, 2.45) is 0 Å². The minimum absolute atomic E-state index is 0.107. The zero-order valence-electron chi connectivity index (χ0n) is 11.4. The molecular formula is C14H12N2O6. The third-order valence-electron chi connectivity index (χ3n) is 3.94. The Morgan fingerprint density at radius 1 is 1.09 bits per heavy atom. The average Bonchev–Trinajstić information content (AvgIpc) is 2.88. The number of ether oxygens (including phenoxy) is 1. The van der Waals surface area contributed by atoms with Crippen molar-refractivity contribution < 1.29 is 19.4 Å². The lowest BCUT2D eigenvalue weighted by molar-refractivity contribution is -0.570. The van der Waals surface area contributed by atoms with Crippen molar-refractivity contribution in [1.82, 2.24) is 0 Å². The SMILES string of the molecule is O=C1CCCC2=C1[C@@H](c1ccc([N+](=O)[O-])cc1)[C@H]([N+](=O)[O-])O2. The lowest BCUT2D eigenvalue weighted by Crippen LogP contribution is -2.27. The van der Waals surface area contributed by atoms with Gasteiger partial charge in [0.2, 0.25) is 0 Å². The minimum atomic E-state index is -1.35. The molecule has 0 bridgehead atoms. The van der Waals surface area contributed by atoms with Crippen molar-refractivity contribution in [1.29, 1.82) is 0 Å². The number of nitrogens with zero attached hydrogens (tertiary/aromatic N) is 2. The van der Waals surface area contributed by atoms with Gasteiger partial charge in [0.05, 0.1) is 15.4 Å². The van der Waals surface area contributed by atoms with Gasteiger partial charge in [-0.2, -0.15) is 0 Å². The zero-order valence-corrected chi connectivity index (χ0v) is 11.4. The van der Waals surface area contributed by atoms with E-state index in [0.717, 1.165) is 0 Å². The van der Waals surface area contributed by atoms with Gasteiger partial charge in [-0.25, -0.2) is 0 Å². The number of hydrogen-bond donors (Lipinski definition) is 0. The molecule has 3 rings (SSSR count). The summed E-state index contributed by atoms with van der Waals surface area (Å²) in [5, 5.41) is 21.9. The van der Waals surface area contributed by atoms with Gasteiger partial charge in [0.1, 0.15) is 11.7 Å². The van der Waals surface area contributed by atoms with Crippen molar-refractivity contribution in [3.63, 3.8) is 0 Å². The second-order valence-electron chi connectivity index (χ2n) is 5.23. The van der Waals surface area contributed by atoms with Crippen molar-refractivity contribution in [3.8, 4) is 0 Å². The predicted octanol–water partition coefficient (Wildman–Crippen LogP) is 2.32. The third-order valence-corrected chi connectivity index (χ3v) is 3.94. The Hall–Kier alpha value is -2.77. The molecular weight excluding hydrogens is 292 g/mol. The van der Waals surface area contributed by atoms with Crippen molar-refractivity contribution in [2.45, 2.75) is 31.4 Å². The molecule has 1 aromatic carbocycles. The molecule has 22 heavy (non-hydrogen) atoms. The number of carbonyl (C=O) groups excluding carboxylic acids is 1. The topological polar surface area (TPSA) is 113 Å². The number of non-ortho nitro benzene ring substituents is 1. The van der Waals surface area contributed by atoms with Crippen LogP contribution in [-0.4, -0.2) is 21.9 Å². The highest BCUT2D eigenvalue weighted by atomic mass is 16.7. The summed E-state index contributed by atoms with van der Waals surface area (Å²) < 4.78 is 5.37. The summed E-state index contributed by atoms with van der Waals surface area (Å²) in [5.74, 6) is -0.561. The summed E-state index contributed by atoms with van der Waals surface area (Å²) >= 11 is 0. The second-order valence-corrected chi connectivity index (χ2v) is 5.23. The summed E-state index contributed by atoms with van der Waals surface area (Å²) in [6.45, 7) is 0. The van der Waals surface area contributed by atoms with Crippen LogP contribution in [0, 0.1) is 20.2 Å². The normalized spacial score (nSPS) is 23.9. The number of hydrogen-bond acceptors (Lipinski definition) is 6. The molecule has 1 aromatic rings. The first kappa shape index (κ1) is 14.2. The number of benzene rings is 1. The fourth-order valence-electron chi connectivity index (χ4n) is 2.96. The highest BCUT2D eigenvalue weighted by Gasteiger charge is 2.48. The summed E-state index contributed by atoms with van der Waals surface area (Å²) in [7, 11) is 0. The van der Waals surface area contributed by atoms with Gasteiger partial charge in [-0.1, -0.05) is 12.1 Å². The van der Waals surface area contributed by atoms with Crippen LogP contribution < -0.4 is 0 Å². The highest BCUT2D eigenvalue weighted by Crippen LogP contribution is 2.44. The maximum absolute atomic E-state index is 12.1. The Morgan fingerprint density at radius 3 is 2.36 bits per heavy atom. The first-order valence-electron chi connectivity index (χ1n) is 6.80. The van der Waals surface area contributed by atoms with Crippen LogP contribution in [0.5, 0.6) is 0 Å². The lowest BCUT2D eigenvalue weighted by Gasteiger charge is -2.15. The van der Waals surface area contributed by atoms with Gasteiger partial charge in [0.15, 0.2) is 5.78 Å². The maximum atomic E-state index is 12.1. The largest absolute Gasteiger partial charge is 0.433 e. The monoisotopic (exact) mass is 304 g/mol. The first-order chi connectivity index (χ1) is 10.5. The average molecular weight is 304 g/mol. The Morgan fingerprint density at radius 2 is 1.77 bits per heavy atom. The van der Waals surface area contributed by atoms with Gasteiger partial charge < -0.3 is 4.74 Å². The van der Waals surface area contributed by atoms with Gasteiger partial charge in [0, 0.05) is 25.0 Å². The van der Waals surface area contributed by atoms with Crippen LogP contribution in [0.15, 0.2) is 35.6 Å². The number of ketones is 1. The van der Waals surface area contributed by atoms with Crippen molar-refractivity contribution in [2.75, 3.05) is 0 Å². The van der Waals surface area contributed by atoms with Crippen LogP contribution in [0.25, 0.3) is 0 Å². The highest BCUT2D eigenvalue weighted by molar-refractivity contribution is 5.98. The van der Waals surface area contributed by atoms with Gasteiger partial charge in [-0.05, 0) is 12.0 Å². The minimum Gasteiger partial charge on any atom is -0.433 e. The molecule has 2 atom stereocenters. The van der Waals surface area contributed by atoms with Crippen LogP contribution in [0.1, 0.15) is 30.7 Å². The van der Waals surface area contributed by atoms with Crippen LogP contribution in [0.4, 0.5) is 5.69 Å². The molecule has 0 saturated heterocycles. The standard InChI is InChI=1S/C14H12N2O6/c17-10-2-1-3-11-13(10)12(14(22-11)16(20)21)8-4-6-9(7-5-8)15(18)19/h4-7,12,14H,1-3H2/t12-,14-/m1/s1. The number of nitro groups is 2. The van der Waals surface area contributed by atoms with Crippen LogP contribution in [0.3, 0.4) is 0 Å². The fraction of sp³-hybridized carbons (Fsp3) is 0.357. The Labute approximate surface area is 124 Å². The Bertz CT molecular complexity index is 694. The van der Waals surface area contributed by atoms with E-state index in [1.165, 1.54) is 24.3 Å². The van der Waals surface area contributed by atoms with E-state index in [1.54, 1.807) is 0 Å². The molecule has 8 heteroatoms. The lowest BCUT2D eigenvalue weighted by atomic mass is 9.83. The number of carbonyl (C=O) groups is 1. The second kappa shape index (κ2) is 5.21. The third kappa shape index (κ3) is 2.22. The fourth-order valence-corrected chi connectivity index (χ4v) is 2.96. The molecule has 0 amide bonds. The van der Waals surface area contributed by atoms with Crippen molar-refractivity contribution in [3.05, 3.63) is 61.4 Å². The number of Topliss-reactive ketones (excluding diaryl/α,β-unsaturated/α-hetero) is 1. The molecule has 1 aliphatic heterocycles. The van der Waals surface area contributed by atoms with E-state index in [-0.39, 0.29) is 11.5 Å². The summed E-state index contributed by atoms with van der Waals surface area (Å²) in [5.41, 5.74) is 0.721. The molecule has 0 N–H and O–H groups in total. The first-order valence-corrected chi connectivity index (χ1v) is 6.80. The molecule has 0 radical (unpaired) electrons. The molecule has 114 valence electrons. The molecule has 0 saturated carbocycles. The maximum Gasteiger partial charge on any atom is 0.364 e. The summed E-state index contributed by atoms with van der Waals surface area (Å²) in [4.78, 5) is 33.0. The van der Waals surface area contributed by atoms with E-state index < -0.39 is 22.0 Å². The predicted molar refractivity (Wildman–Crippen MR) is 73.6 cm³/mol. The molecule has 0 aromatic heterocycles. The van der Waals surface area contributed by atoms with Crippen LogP contribution in [-0.2, 0) is 9.53 Å². The molecule has 8 nitrogen and oxygen atoms in total. The smallest absolute Gasteiger partial charge is 0.364 e. The van der Waals surface area contributed by atoms with E-state index in [9.17, 15) is 25.0 Å². The molecule has 0 unspecified atom stereocenters. The number of nitro benzene ring substituents is 1.